The molecule has 1 aromatic carbocycles. The molecule has 152 valence electrons. The quantitative estimate of drug-likeness (QED) is 0.702. The van der Waals surface area contributed by atoms with Gasteiger partial charge in [0.2, 0.25) is 15.9 Å². The highest BCUT2D eigenvalue weighted by molar-refractivity contribution is 7.89. The number of aryl methyl sites for hydroxylation is 2. The molecule has 2 heterocycles. The second-order valence-electron chi connectivity index (χ2n) is 7.29. The minimum atomic E-state index is -3.67. The fraction of sp³-hybridized carbons (Fsp3) is 0.526. The van der Waals surface area contributed by atoms with Crippen molar-refractivity contribution in [3.63, 3.8) is 0 Å². The predicted octanol–water partition coefficient (Wildman–Crippen LogP) is 2.77. The average molecular weight is 407 g/mol. The summed E-state index contributed by atoms with van der Waals surface area (Å²) in [5.74, 6) is 0.443. The number of hydrogen-bond acceptors (Lipinski definition) is 7. The molecule has 0 radical (unpaired) electrons. The number of aromatic nitrogens is 2. The zero-order valence-electron chi connectivity index (χ0n) is 16.6. The Labute approximate surface area is 164 Å². The summed E-state index contributed by atoms with van der Waals surface area (Å²) in [5.41, 5.74) is 1.54. The smallest absolute Gasteiger partial charge is 0.338 e. The molecule has 9 heteroatoms. The molecule has 2 aromatic rings. The van der Waals surface area contributed by atoms with Crippen molar-refractivity contribution in [2.24, 2.45) is 5.92 Å². The van der Waals surface area contributed by atoms with Crippen LogP contribution in [0, 0.1) is 26.7 Å². The zero-order chi connectivity index (χ0) is 20.5. The molecule has 0 bridgehead atoms. The van der Waals surface area contributed by atoms with Crippen molar-refractivity contribution < 1.29 is 22.4 Å². The van der Waals surface area contributed by atoms with Gasteiger partial charge in [-0.1, -0.05) is 6.92 Å². The zero-order valence-corrected chi connectivity index (χ0v) is 17.4. The van der Waals surface area contributed by atoms with E-state index >= 15 is 0 Å². The highest BCUT2D eigenvalue weighted by Gasteiger charge is 2.30. The van der Waals surface area contributed by atoms with E-state index in [1.807, 2.05) is 0 Å². The van der Waals surface area contributed by atoms with Gasteiger partial charge >= 0.3 is 5.97 Å². The lowest BCUT2D eigenvalue weighted by Crippen LogP contribution is -2.38. The molecular weight excluding hydrogens is 382 g/mol. The molecule has 1 aliphatic rings. The third-order valence-corrected chi connectivity index (χ3v) is 7.14. The first kappa shape index (κ1) is 20.5. The van der Waals surface area contributed by atoms with E-state index in [1.165, 1.54) is 10.4 Å². The molecule has 1 saturated heterocycles. The molecule has 0 unspecified atom stereocenters. The summed E-state index contributed by atoms with van der Waals surface area (Å²) in [4.78, 5) is 12.6. The fourth-order valence-corrected chi connectivity index (χ4v) is 4.98. The molecule has 3 rings (SSSR count). The lowest BCUT2D eigenvalue weighted by Gasteiger charge is -2.30. The van der Waals surface area contributed by atoms with Gasteiger partial charge in [0.15, 0.2) is 6.61 Å². The molecule has 8 nitrogen and oxygen atoms in total. The van der Waals surface area contributed by atoms with Crippen molar-refractivity contribution in [2.45, 2.75) is 52.0 Å². The fourth-order valence-electron chi connectivity index (χ4n) is 3.18. The van der Waals surface area contributed by atoms with Gasteiger partial charge in [0, 0.05) is 20.0 Å². The second kappa shape index (κ2) is 8.00. The largest absolute Gasteiger partial charge is 0.452 e. The number of nitrogens with zero attached hydrogens (tertiary/aromatic N) is 3. The van der Waals surface area contributed by atoms with Gasteiger partial charge in [-0.25, -0.2) is 13.2 Å². The first-order chi connectivity index (χ1) is 13.2. The Morgan fingerprint density at radius 1 is 1.21 bits per heavy atom. The molecule has 1 fully saturated rings. The van der Waals surface area contributed by atoms with Crippen molar-refractivity contribution in [1.82, 2.24) is 14.5 Å². The van der Waals surface area contributed by atoms with Gasteiger partial charge in [0.25, 0.3) is 5.89 Å². The monoisotopic (exact) mass is 407 g/mol. The summed E-state index contributed by atoms with van der Waals surface area (Å²) in [6.07, 6.45) is 1.67. The number of benzene rings is 1. The Morgan fingerprint density at radius 3 is 2.50 bits per heavy atom. The van der Waals surface area contributed by atoms with Crippen LogP contribution in [0.15, 0.2) is 21.4 Å². The minimum absolute atomic E-state index is 0.155. The number of hydrogen-bond donors (Lipinski definition) is 0. The molecule has 1 aliphatic heterocycles. The van der Waals surface area contributed by atoms with E-state index in [-0.39, 0.29) is 23.0 Å². The van der Waals surface area contributed by atoms with Crippen LogP contribution in [0.3, 0.4) is 0 Å². The van der Waals surface area contributed by atoms with Gasteiger partial charge < -0.3 is 9.15 Å². The van der Waals surface area contributed by atoms with E-state index in [1.54, 1.807) is 26.8 Å². The number of sulfonamides is 1. The van der Waals surface area contributed by atoms with E-state index in [4.69, 9.17) is 9.15 Å². The normalized spacial score (nSPS) is 16.3. The van der Waals surface area contributed by atoms with Crippen LogP contribution in [0.25, 0.3) is 0 Å². The van der Waals surface area contributed by atoms with Gasteiger partial charge in [-0.2, -0.15) is 4.31 Å². The maximum absolute atomic E-state index is 13.2. The summed E-state index contributed by atoms with van der Waals surface area (Å²) in [6, 6.07) is 3.03. The molecule has 28 heavy (non-hydrogen) atoms. The molecule has 0 atom stereocenters. The Bertz CT molecular complexity index is 975. The SMILES string of the molecule is Cc1nnc(COC(=O)c2cc(C)c(C)c(S(=O)(=O)N3CCC(C)CC3)c2)o1. The first-order valence-corrected chi connectivity index (χ1v) is 10.7. The van der Waals surface area contributed by atoms with E-state index in [0.29, 0.717) is 36.0 Å². The van der Waals surface area contributed by atoms with Crippen molar-refractivity contribution >= 4 is 16.0 Å². The summed E-state index contributed by atoms with van der Waals surface area (Å²) in [6.45, 7) is 8.12. The predicted molar refractivity (Wildman–Crippen MR) is 101 cm³/mol. The second-order valence-corrected chi connectivity index (χ2v) is 9.20. The van der Waals surface area contributed by atoms with E-state index in [9.17, 15) is 13.2 Å². The molecule has 0 amide bonds. The van der Waals surface area contributed by atoms with Gasteiger partial charge in [-0.15, -0.1) is 10.2 Å². The maximum atomic E-state index is 13.2. The van der Waals surface area contributed by atoms with Crippen LogP contribution in [0.5, 0.6) is 0 Å². The number of carbonyl (C=O) groups is 1. The van der Waals surface area contributed by atoms with Crippen LogP contribution in [-0.2, 0) is 21.4 Å². The van der Waals surface area contributed by atoms with Crippen LogP contribution < -0.4 is 0 Å². The molecule has 0 aliphatic carbocycles. The molecule has 0 spiro atoms. The minimum Gasteiger partial charge on any atom is -0.452 e. The van der Waals surface area contributed by atoms with E-state index < -0.39 is 16.0 Å². The highest BCUT2D eigenvalue weighted by Crippen LogP contribution is 2.28. The third-order valence-electron chi connectivity index (χ3n) is 5.11. The first-order valence-electron chi connectivity index (χ1n) is 9.26. The van der Waals surface area contributed by atoms with E-state index in [2.05, 4.69) is 17.1 Å². The van der Waals surface area contributed by atoms with Crippen LogP contribution in [0.2, 0.25) is 0 Å². The highest BCUT2D eigenvalue weighted by atomic mass is 32.2. The number of ether oxygens (including phenoxy) is 1. The summed E-state index contributed by atoms with van der Waals surface area (Å²) in [7, 11) is -3.67. The summed E-state index contributed by atoms with van der Waals surface area (Å²) < 4.78 is 38.2. The Morgan fingerprint density at radius 2 is 1.89 bits per heavy atom. The molecule has 0 saturated carbocycles. The summed E-state index contributed by atoms with van der Waals surface area (Å²) in [5, 5.41) is 7.44. The number of rotatable bonds is 5. The lowest BCUT2D eigenvalue weighted by atomic mass is 10.0. The molecule has 1 aromatic heterocycles. The van der Waals surface area contributed by atoms with Crippen molar-refractivity contribution in [3.8, 4) is 0 Å². The van der Waals surface area contributed by atoms with Crippen LogP contribution in [0.1, 0.15) is 53.0 Å². The maximum Gasteiger partial charge on any atom is 0.338 e. The third kappa shape index (κ3) is 4.25. The standard InChI is InChI=1S/C19H25N3O5S/c1-12-5-7-22(8-6-12)28(24,25)17-10-16(9-13(2)14(17)3)19(23)26-11-18-21-20-15(4)27-18/h9-10,12H,5-8,11H2,1-4H3. The van der Waals surface area contributed by atoms with Crippen LogP contribution in [-0.4, -0.2) is 42.0 Å². The Kier molecular flexibility index (Phi) is 5.85. The number of carbonyl (C=O) groups excluding carboxylic acids is 1. The van der Waals surface area contributed by atoms with Crippen molar-refractivity contribution in [3.05, 3.63) is 40.6 Å². The average Bonchev–Trinajstić information content (AvgIpc) is 3.07. The topological polar surface area (TPSA) is 103 Å². The van der Waals surface area contributed by atoms with Gasteiger partial charge in [-0.3, -0.25) is 0 Å². The summed E-state index contributed by atoms with van der Waals surface area (Å²) >= 11 is 0. The number of piperidine rings is 1. The molecular formula is C19H25N3O5S. The number of esters is 1. The van der Waals surface area contributed by atoms with Crippen molar-refractivity contribution in [2.75, 3.05) is 13.1 Å². The Balaban J connectivity index is 1.84. The molecule has 0 N–H and O–H groups in total. The van der Waals surface area contributed by atoms with Crippen molar-refractivity contribution in [1.29, 1.82) is 0 Å². The van der Waals surface area contributed by atoms with Crippen LogP contribution >= 0.6 is 0 Å². The van der Waals surface area contributed by atoms with Gasteiger partial charge in [0.05, 0.1) is 10.5 Å². The lowest BCUT2D eigenvalue weighted by molar-refractivity contribution is 0.0436. The van der Waals surface area contributed by atoms with E-state index in [0.717, 1.165) is 12.8 Å². The van der Waals surface area contributed by atoms with Gasteiger partial charge in [0.1, 0.15) is 0 Å². The van der Waals surface area contributed by atoms with Gasteiger partial charge in [-0.05, 0) is 55.9 Å². The Hall–Kier alpha value is -2.26. The van der Waals surface area contributed by atoms with Crippen LogP contribution in [0.4, 0.5) is 0 Å².